The number of likely N-dealkylation sites (tertiary alicyclic amines) is 1. The van der Waals surface area contributed by atoms with Crippen LogP contribution in [0.1, 0.15) is 6.42 Å². The van der Waals surface area contributed by atoms with E-state index in [9.17, 15) is 14.0 Å². The highest BCUT2D eigenvalue weighted by molar-refractivity contribution is 5.80. The van der Waals surface area contributed by atoms with Crippen molar-refractivity contribution in [3.05, 3.63) is 0 Å². The van der Waals surface area contributed by atoms with E-state index < -0.39 is 43.3 Å². The number of aliphatic hydroxyl groups is 1. The van der Waals surface area contributed by atoms with E-state index in [2.05, 4.69) is 0 Å². The lowest BCUT2D eigenvalue weighted by Crippen LogP contribution is -2.40. The fourth-order valence-electron chi connectivity index (χ4n) is 1.47. The number of hydrogen-bond donors (Lipinski definition) is 3. The van der Waals surface area contributed by atoms with Crippen LogP contribution < -0.4 is 0 Å². The number of alkyl halides is 1. The third-order valence-corrected chi connectivity index (χ3v) is 2.20. The van der Waals surface area contributed by atoms with E-state index in [-0.39, 0.29) is 0 Å². The summed E-state index contributed by atoms with van der Waals surface area (Å²) in [4.78, 5) is 21.6. The molecule has 14 heavy (non-hydrogen) atoms. The van der Waals surface area contributed by atoms with Crippen molar-refractivity contribution < 1.29 is 29.3 Å². The molecule has 0 aromatic carbocycles. The Labute approximate surface area is 78.6 Å². The first-order valence-corrected chi connectivity index (χ1v) is 3.92. The Bertz CT molecular complexity index is 247. The number of aliphatic hydroxyl groups excluding tert-OH is 1. The molecule has 0 saturated carbocycles. The van der Waals surface area contributed by atoms with Crippen molar-refractivity contribution in [2.24, 2.45) is 0 Å². The number of nitrogens with zero attached hydrogens (tertiary/aromatic N) is 1. The molecule has 2 atom stereocenters. The second kappa shape index (κ2) is 3.41. The molecule has 0 aliphatic carbocycles. The lowest BCUT2D eigenvalue weighted by atomic mass is 10.0. The minimum atomic E-state index is -2.14. The predicted octanol–water partition coefficient (Wildman–Crippen LogP) is -0.476. The lowest BCUT2D eigenvalue weighted by molar-refractivity contribution is -0.141. The highest BCUT2D eigenvalue weighted by atomic mass is 19.1. The van der Waals surface area contributed by atoms with Crippen LogP contribution in [0.2, 0.25) is 0 Å². The van der Waals surface area contributed by atoms with Gasteiger partial charge < -0.3 is 15.3 Å². The first-order valence-electron chi connectivity index (χ1n) is 3.92. The third kappa shape index (κ3) is 1.77. The largest absolute Gasteiger partial charge is 0.480 e. The number of hydrogen-bond acceptors (Lipinski definition) is 3. The molecular formula is C7H10FNO5. The fourth-order valence-corrected chi connectivity index (χ4v) is 1.47. The first-order chi connectivity index (χ1) is 6.39. The van der Waals surface area contributed by atoms with Gasteiger partial charge in [0.2, 0.25) is 0 Å². The maximum Gasteiger partial charge on any atom is 0.408 e. The van der Waals surface area contributed by atoms with Crippen molar-refractivity contribution >= 4 is 12.1 Å². The van der Waals surface area contributed by atoms with Crippen molar-refractivity contribution in [3.63, 3.8) is 0 Å². The Morgan fingerprint density at radius 1 is 1.50 bits per heavy atom. The second-order valence-corrected chi connectivity index (χ2v) is 3.28. The van der Waals surface area contributed by atoms with Crippen molar-refractivity contribution in [1.29, 1.82) is 0 Å². The summed E-state index contributed by atoms with van der Waals surface area (Å²) in [6.45, 7) is -1.48. The highest BCUT2D eigenvalue weighted by Crippen LogP contribution is 2.30. The molecule has 1 aliphatic heterocycles. The zero-order chi connectivity index (χ0) is 10.9. The Hall–Kier alpha value is -1.37. The maximum absolute atomic E-state index is 13.4. The smallest absolute Gasteiger partial charge is 0.408 e. The van der Waals surface area contributed by atoms with E-state index in [4.69, 9.17) is 15.3 Å². The van der Waals surface area contributed by atoms with Gasteiger partial charge >= 0.3 is 12.1 Å². The number of rotatable bonds is 2. The third-order valence-electron chi connectivity index (χ3n) is 2.20. The number of carboxylic acids is 1. The Balaban J connectivity index is 2.85. The van der Waals surface area contributed by atoms with Crippen LogP contribution in [0.25, 0.3) is 0 Å². The number of carbonyl (C=O) groups is 2. The van der Waals surface area contributed by atoms with Crippen molar-refractivity contribution in [3.8, 4) is 0 Å². The Morgan fingerprint density at radius 3 is 2.36 bits per heavy atom. The number of halogens is 1. The minimum Gasteiger partial charge on any atom is -0.480 e. The van der Waals surface area contributed by atoms with Gasteiger partial charge in [-0.2, -0.15) is 0 Å². The SMILES string of the molecule is O=C(O)[C@@H]1C[C@](F)(CO)CN1C(=O)O. The molecule has 0 aromatic rings. The highest BCUT2D eigenvalue weighted by Gasteiger charge is 2.49. The molecule has 1 rings (SSSR count). The molecule has 0 spiro atoms. The zero-order valence-corrected chi connectivity index (χ0v) is 7.18. The van der Waals surface area contributed by atoms with Crippen LogP contribution in [0.15, 0.2) is 0 Å². The van der Waals surface area contributed by atoms with Gasteiger partial charge in [-0.1, -0.05) is 0 Å². The summed E-state index contributed by atoms with van der Waals surface area (Å²) < 4.78 is 13.4. The number of carboxylic acid groups (broad SMARTS) is 2. The summed E-state index contributed by atoms with van der Waals surface area (Å²) in [5.41, 5.74) is -2.14. The van der Waals surface area contributed by atoms with Crippen molar-refractivity contribution in [1.82, 2.24) is 4.90 Å². The molecular weight excluding hydrogens is 197 g/mol. The summed E-state index contributed by atoms with van der Waals surface area (Å²) >= 11 is 0. The topological polar surface area (TPSA) is 98.1 Å². The van der Waals surface area contributed by atoms with Crippen LogP contribution in [0.5, 0.6) is 0 Å². The molecule has 0 unspecified atom stereocenters. The van der Waals surface area contributed by atoms with Gasteiger partial charge in [0.1, 0.15) is 6.04 Å². The monoisotopic (exact) mass is 207 g/mol. The quantitative estimate of drug-likeness (QED) is 0.568. The second-order valence-electron chi connectivity index (χ2n) is 3.28. The van der Waals surface area contributed by atoms with Gasteiger partial charge in [-0.05, 0) is 0 Å². The molecule has 0 aromatic heterocycles. The lowest BCUT2D eigenvalue weighted by Gasteiger charge is -2.17. The van der Waals surface area contributed by atoms with Gasteiger partial charge in [0.05, 0.1) is 13.2 Å². The molecule has 7 heteroatoms. The van der Waals surface area contributed by atoms with E-state index in [1.54, 1.807) is 0 Å². The predicted molar refractivity (Wildman–Crippen MR) is 41.7 cm³/mol. The minimum absolute atomic E-state index is 0.485. The van der Waals surface area contributed by atoms with Gasteiger partial charge in [-0.25, -0.2) is 14.0 Å². The average molecular weight is 207 g/mol. The van der Waals surface area contributed by atoms with Gasteiger partial charge in [-0.3, -0.25) is 4.90 Å². The van der Waals surface area contributed by atoms with Gasteiger partial charge in [0.15, 0.2) is 5.67 Å². The fraction of sp³-hybridized carbons (Fsp3) is 0.714. The molecule has 3 N–H and O–H groups in total. The Kier molecular flexibility index (Phi) is 2.61. The molecule has 1 fully saturated rings. The van der Waals surface area contributed by atoms with Crippen LogP contribution >= 0.6 is 0 Å². The average Bonchev–Trinajstić information content (AvgIpc) is 2.45. The van der Waals surface area contributed by atoms with Crippen LogP contribution in [0, 0.1) is 0 Å². The van der Waals surface area contributed by atoms with Crippen molar-refractivity contribution in [2.45, 2.75) is 18.1 Å². The molecule has 1 saturated heterocycles. The Morgan fingerprint density at radius 2 is 2.07 bits per heavy atom. The normalized spacial score (nSPS) is 31.9. The molecule has 1 amide bonds. The number of aliphatic carboxylic acids is 1. The summed E-state index contributed by atoms with van der Waals surface area (Å²) in [5.74, 6) is -1.40. The van der Waals surface area contributed by atoms with Crippen LogP contribution in [0.4, 0.5) is 9.18 Å². The van der Waals surface area contributed by atoms with E-state index in [1.165, 1.54) is 0 Å². The van der Waals surface area contributed by atoms with Crippen molar-refractivity contribution in [2.75, 3.05) is 13.2 Å². The van der Waals surface area contributed by atoms with E-state index >= 15 is 0 Å². The molecule has 6 nitrogen and oxygen atoms in total. The van der Waals surface area contributed by atoms with Gasteiger partial charge in [-0.15, -0.1) is 0 Å². The summed E-state index contributed by atoms with van der Waals surface area (Å²) in [6, 6.07) is -1.41. The first kappa shape index (κ1) is 10.7. The molecule has 1 aliphatic rings. The van der Waals surface area contributed by atoms with Crippen LogP contribution in [0.3, 0.4) is 0 Å². The maximum atomic E-state index is 13.4. The van der Waals surface area contributed by atoms with E-state index in [1.807, 2.05) is 0 Å². The van der Waals surface area contributed by atoms with Crippen LogP contribution in [-0.2, 0) is 4.79 Å². The summed E-state index contributed by atoms with van der Waals surface area (Å²) in [7, 11) is 0. The van der Waals surface area contributed by atoms with E-state index in [0.717, 1.165) is 0 Å². The van der Waals surface area contributed by atoms with Crippen LogP contribution in [-0.4, -0.2) is 57.1 Å². The molecule has 0 bridgehead atoms. The molecule has 80 valence electrons. The van der Waals surface area contributed by atoms with E-state index in [0.29, 0.717) is 4.90 Å². The number of amides is 1. The van der Waals surface area contributed by atoms with Gasteiger partial charge in [0, 0.05) is 6.42 Å². The molecule has 0 radical (unpaired) electrons. The molecule has 1 heterocycles. The summed E-state index contributed by atoms with van der Waals surface area (Å²) in [6.07, 6.45) is -2.00. The zero-order valence-electron chi connectivity index (χ0n) is 7.18. The summed E-state index contributed by atoms with van der Waals surface area (Å²) in [5, 5.41) is 25.8. The van der Waals surface area contributed by atoms with Gasteiger partial charge in [0.25, 0.3) is 0 Å². The standard InChI is InChI=1S/C7H10FNO5/c8-7(3-10)1-4(5(11)12)9(2-7)6(13)14/h4,10H,1-3H2,(H,11,12)(H,13,14)/t4-,7+/m0/s1.